The van der Waals surface area contributed by atoms with Crippen molar-refractivity contribution in [1.29, 1.82) is 0 Å². The maximum atomic E-state index is 13.5. The van der Waals surface area contributed by atoms with Crippen LogP contribution < -0.4 is 5.73 Å². The van der Waals surface area contributed by atoms with E-state index in [0.29, 0.717) is 17.5 Å². The van der Waals surface area contributed by atoms with Gasteiger partial charge in [-0.05, 0) is 18.9 Å². The molecule has 0 radical (unpaired) electrons. The Balaban J connectivity index is 3.00. The van der Waals surface area contributed by atoms with Crippen LogP contribution in [0.2, 0.25) is 0 Å². The lowest BCUT2D eigenvalue weighted by atomic mass is 10.0. The van der Waals surface area contributed by atoms with E-state index < -0.39 is 0 Å². The first kappa shape index (κ1) is 9.93. The standard InChI is InChI=1S/C11H14FN/c1-3-5-10(13)9-7-4-6-8(2)11(9)12/h3-4,6-7,10H,1,5,13H2,2H3. The molecule has 0 aromatic heterocycles. The highest BCUT2D eigenvalue weighted by Crippen LogP contribution is 2.20. The first-order valence-electron chi connectivity index (χ1n) is 4.28. The number of hydrogen-bond donors (Lipinski definition) is 1. The molecule has 1 atom stereocenters. The molecule has 0 saturated heterocycles. The number of halogens is 1. The molecule has 0 spiro atoms. The van der Waals surface area contributed by atoms with Gasteiger partial charge in [0.2, 0.25) is 0 Å². The Morgan fingerprint density at radius 2 is 2.31 bits per heavy atom. The van der Waals surface area contributed by atoms with E-state index in [1.807, 2.05) is 6.07 Å². The quantitative estimate of drug-likeness (QED) is 0.709. The average Bonchev–Trinajstić information content (AvgIpc) is 2.10. The Kier molecular flexibility index (Phi) is 3.20. The normalized spacial score (nSPS) is 12.5. The Morgan fingerprint density at radius 3 is 2.92 bits per heavy atom. The van der Waals surface area contributed by atoms with E-state index in [1.54, 1.807) is 25.1 Å². The summed E-state index contributed by atoms with van der Waals surface area (Å²) < 4.78 is 13.5. The molecule has 0 aliphatic rings. The lowest BCUT2D eigenvalue weighted by Crippen LogP contribution is -2.11. The molecular formula is C11H14FN. The van der Waals surface area contributed by atoms with Gasteiger partial charge in [-0.15, -0.1) is 6.58 Å². The molecule has 0 fully saturated rings. The van der Waals surface area contributed by atoms with Crippen molar-refractivity contribution in [3.8, 4) is 0 Å². The van der Waals surface area contributed by atoms with Gasteiger partial charge >= 0.3 is 0 Å². The van der Waals surface area contributed by atoms with Gasteiger partial charge in [0.25, 0.3) is 0 Å². The minimum atomic E-state index is -0.280. The summed E-state index contributed by atoms with van der Waals surface area (Å²) in [7, 11) is 0. The van der Waals surface area contributed by atoms with Crippen LogP contribution in [0, 0.1) is 12.7 Å². The van der Waals surface area contributed by atoms with Crippen LogP contribution in [0.25, 0.3) is 0 Å². The fraction of sp³-hybridized carbons (Fsp3) is 0.273. The van der Waals surface area contributed by atoms with Crippen molar-refractivity contribution in [2.75, 3.05) is 0 Å². The van der Waals surface area contributed by atoms with Crippen molar-refractivity contribution in [3.05, 3.63) is 47.8 Å². The predicted octanol–water partition coefficient (Wildman–Crippen LogP) is 2.71. The lowest BCUT2D eigenvalue weighted by Gasteiger charge is -2.11. The Hall–Kier alpha value is -1.15. The molecule has 2 heteroatoms. The molecule has 2 N–H and O–H groups in total. The van der Waals surface area contributed by atoms with Crippen LogP contribution in [0.15, 0.2) is 30.9 Å². The molecule has 1 aromatic rings. The summed E-state index contributed by atoms with van der Waals surface area (Å²) in [6.45, 7) is 5.31. The van der Waals surface area contributed by atoms with Gasteiger partial charge in [0.05, 0.1) is 0 Å². The van der Waals surface area contributed by atoms with Gasteiger partial charge in [0.1, 0.15) is 5.82 Å². The van der Waals surface area contributed by atoms with E-state index in [9.17, 15) is 4.39 Å². The molecule has 0 amide bonds. The molecule has 1 aromatic carbocycles. The third-order valence-electron chi connectivity index (χ3n) is 2.04. The van der Waals surface area contributed by atoms with Crippen molar-refractivity contribution in [3.63, 3.8) is 0 Å². The van der Waals surface area contributed by atoms with Crippen molar-refractivity contribution in [2.45, 2.75) is 19.4 Å². The number of benzene rings is 1. The fourth-order valence-corrected chi connectivity index (χ4v) is 1.26. The van der Waals surface area contributed by atoms with Crippen molar-refractivity contribution < 1.29 is 4.39 Å². The summed E-state index contributed by atoms with van der Waals surface area (Å²) in [6.07, 6.45) is 2.30. The third-order valence-corrected chi connectivity index (χ3v) is 2.04. The van der Waals surface area contributed by atoms with Crippen molar-refractivity contribution in [2.24, 2.45) is 5.73 Å². The maximum absolute atomic E-state index is 13.5. The molecule has 1 unspecified atom stereocenters. The molecule has 0 aliphatic heterocycles. The van der Waals surface area contributed by atoms with Gasteiger partial charge in [-0.3, -0.25) is 0 Å². The molecule has 0 aliphatic carbocycles. The van der Waals surface area contributed by atoms with Crippen LogP contribution in [0.4, 0.5) is 4.39 Å². The molecule has 0 saturated carbocycles. The van der Waals surface area contributed by atoms with Gasteiger partial charge in [0, 0.05) is 11.6 Å². The van der Waals surface area contributed by atoms with Crippen molar-refractivity contribution in [1.82, 2.24) is 0 Å². The largest absolute Gasteiger partial charge is 0.324 e. The SMILES string of the molecule is C=CCC(N)c1cccc(C)c1F. The Bertz CT molecular complexity index is 307. The molecule has 1 rings (SSSR count). The van der Waals surface area contributed by atoms with E-state index in [4.69, 9.17) is 5.73 Å². The monoisotopic (exact) mass is 179 g/mol. The summed E-state index contributed by atoms with van der Waals surface area (Å²) in [4.78, 5) is 0. The van der Waals surface area contributed by atoms with E-state index >= 15 is 0 Å². The Morgan fingerprint density at radius 1 is 1.62 bits per heavy atom. The predicted molar refractivity (Wildman–Crippen MR) is 52.9 cm³/mol. The highest BCUT2D eigenvalue weighted by atomic mass is 19.1. The fourth-order valence-electron chi connectivity index (χ4n) is 1.26. The summed E-state index contributed by atoms with van der Waals surface area (Å²) >= 11 is 0. The second kappa shape index (κ2) is 4.19. The minimum Gasteiger partial charge on any atom is -0.324 e. The molecule has 1 nitrogen and oxygen atoms in total. The number of nitrogens with two attached hydrogens (primary N) is 1. The summed E-state index contributed by atoms with van der Waals surface area (Å²) in [5, 5.41) is 0. The number of rotatable bonds is 3. The van der Waals surface area contributed by atoms with Crippen LogP contribution in [-0.2, 0) is 0 Å². The van der Waals surface area contributed by atoms with E-state index in [-0.39, 0.29) is 11.9 Å². The van der Waals surface area contributed by atoms with Crippen LogP contribution in [-0.4, -0.2) is 0 Å². The molecular weight excluding hydrogens is 165 g/mol. The van der Waals surface area contributed by atoms with Crippen molar-refractivity contribution >= 4 is 0 Å². The molecule has 0 heterocycles. The second-order valence-electron chi connectivity index (χ2n) is 3.11. The lowest BCUT2D eigenvalue weighted by molar-refractivity contribution is 0.576. The van der Waals surface area contributed by atoms with Gasteiger partial charge < -0.3 is 5.73 Å². The average molecular weight is 179 g/mol. The number of hydrogen-bond acceptors (Lipinski definition) is 1. The third kappa shape index (κ3) is 2.16. The second-order valence-corrected chi connectivity index (χ2v) is 3.11. The zero-order valence-electron chi connectivity index (χ0n) is 7.76. The topological polar surface area (TPSA) is 26.0 Å². The van der Waals surface area contributed by atoms with Crippen LogP contribution in [0.1, 0.15) is 23.6 Å². The zero-order chi connectivity index (χ0) is 9.84. The first-order chi connectivity index (χ1) is 6.16. The van der Waals surface area contributed by atoms with E-state index in [1.165, 1.54) is 0 Å². The maximum Gasteiger partial charge on any atom is 0.130 e. The van der Waals surface area contributed by atoms with Gasteiger partial charge in [-0.1, -0.05) is 24.3 Å². The van der Waals surface area contributed by atoms with Gasteiger partial charge in [-0.25, -0.2) is 4.39 Å². The minimum absolute atomic E-state index is 0.197. The molecule has 70 valence electrons. The highest BCUT2D eigenvalue weighted by molar-refractivity contribution is 5.27. The first-order valence-corrected chi connectivity index (χ1v) is 4.28. The summed E-state index contributed by atoms with van der Waals surface area (Å²) in [5.41, 5.74) is 6.97. The summed E-state index contributed by atoms with van der Waals surface area (Å²) in [5.74, 6) is -0.197. The Labute approximate surface area is 78.1 Å². The van der Waals surface area contributed by atoms with E-state index in [0.717, 1.165) is 0 Å². The number of aryl methyl sites for hydroxylation is 1. The smallest absolute Gasteiger partial charge is 0.130 e. The zero-order valence-corrected chi connectivity index (χ0v) is 7.76. The van der Waals surface area contributed by atoms with E-state index in [2.05, 4.69) is 6.58 Å². The van der Waals surface area contributed by atoms with Crippen LogP contribution in [0.3, 0.4) is 0 Å². The highest BCUT2D eigenvalue weighted by Gasteiger charge is 2.10. The van der Waals surface area contributed by atoms with Crippen LogP contribution >= 0.6 is 0 Å². The molecule has 13 heavy (non-hydrogen) atoms. The van der Waals surface area contributed by atoms with Gasteiger partial charge in [-0.2, -0.15) is 0 Å². The van der Waals surface area contributed by atoms with Crippen LogP contribution in [0.5, 0.6) is 0 Å². The molecule has 0 bridgehead atoms. The van der Waals surface area contributed by atoms with Gasteiger partial charge in [0.15, 0.2) is 0 Å². The summed E-state index contributed by atoms with van der Waals surface area (Å²) in [6, 6.07) is 4.99.